The van der Waals surface area contributed by atoms with E-state index in [-0.39, 0.29) is 23.7 Å². The number of ether oxygens (including phenoxy) is 1. The Bertz CT molecular complexity index is 623. The lowest BCUT2D eigenvalue weighted by Gasteiger charge is -2.31. The minimum Gasteiger partial charge on any atom is -0.379 e. The molecule has 1 aliphatic heterocycles. The molecule has 1 saturated heterocycles. The largest absolute Gasteiger partial charge is 0.379 e. The normalized spacial score (nSPS) is 23.2. The molecule has 2 aliphatic rings. The van der Waals surface area contributed by atoms with Gasteiger partial charge in [0, 0.05) is 50.2 Å². The van der Waals surface area contributed by atoms with Crippen molar-refractivity contribution in [3.8, 4) is 0 Å². The number of hydrogen-bond acceptors (Lipinski definition) is 4. The lowest BCUT2D eigenvalue weighted by atomic mass is 9.81. The van der Waals surface area contributed by atoms with Crippen molar-refractivity contribution in [3.05, 3.63) is 30.3 Å². The number of nitrogens with one attached hydrogen (secondary N) is 1. The first-order valence-electron chi connectivity index (χ1n) is 10.6. The number of benzene rings is 1. The Hall–Kier alpha value is -1.92. The zero-order valence-electron chi connectivity index (χ0n) is 16.9. The first kappa shape index (κ1) is 20.8. The monoisotopic (exact) mass is 387 g/mol. The standard InChI is InChI=1S/C22H33N3O3/c1-2-25(20-6-4-3-5-7-20)22(27)19-10-8-18(9-11-19)21(26)23-12-13-24-14-16-28-17-15-24/h3-7,18-19H,2,8-17H2,1H3,(H,23,26). The average Bonchev–Trinajstić information content (AvgIpc) is 2.76. The molecule has 3 rings (SSSR count). The number of hydrogen-bond donors (Lipinski definition) is 1. The molecule has 0 radical (unpaired) electrons. The smallest absolute Gasteiger partial charge is 0.230 e. The van der Waals surface area contributed by atoms with Crippen LogP contribution in [0.2, 0.25) is 0 Å². The molecule has 0 bridgehead atoms. The molecule has 1 aromatic rings. The predicted octanol–water partition coefficient (Wildman–Crippen LogP) is 2.29. The molecule has 0 unspecified atom stereocenters. The van der Waals surface area contributed by atoms with Gasteiger partial charge in [-0.15, -0.1) is 0 Å². The molecule has 28 heavy (non-hydrogen) atoms. The maximum atomic E-state index is 13.0. The molecule has 0 aromatic heterocycles. The molecule has 1 heterocycles. The van der Waals surface area contributed by atoms with Crippen LogP contribution in [0.3, 0.4) is 0 Å². The summed E-state index contributed by atoms with van der Waals surface area (Å²) in [6.07, 6.45) is 3.19. The summed E-state index contributed by atoms with van der Waals surface area (Å²) in [6, 6.07) is 9.85. The Morgan fingerprint density at radius 3 is 2.36 bits per heavy atom. The van der Waals surface area contributed by atoms with Crippen molar-refractivity contribution in [2.75, 3.05) is 50.8 Å². The second-order valence-electron chi connectivity index (χ2n) is 7.71. The summed E-state index contributed by atoms with van der Waals surface area (Å²) in [4.78, 5) is 29.6. The van der Waals surface area contributed by atoms with Gasteiger partial charge >= 0.3 is 0 Å². The molecule has 154 valence electrons. The Labute approximate surface area is 168 Å². The first-order valence-corrected chi connectivity index (χ1v) is 10.6. The fraction of sp³-hybridized carbons (Fsp3) is 0.636. The fourth-order valence-corrected chi connectivity index (χ4v) is 4.20. The molecular weight excluding hydrogens is 354 g/mol. The molecule has 1 aliphatic carbocycles. The zero-order chi connectivity index (χ0) is 19.8. The van der Waals surface area contributed by atoms with Crippen LogP contribution in [0.5, 0.6) is 0 Å². The number of morpholine rings is 1. The van der Waals surface area contributed by atoms with Crippen molar-refractivity contribution in [3.63, 3.8) is 0 Å². The summed E-state index contributed by atoms with van der Waals surface area (Å²) in [5.41, 5.74) is 0.956. The molecule has 1 saturated carbocycles. The summed E-state index contributed by atoms with van der Waals surface area (Å²) in [5.74, 6) is 0.410. The highest BCUT2D eigenvalue weighted by atomic mass is 16.5. The lowest BCUT2D eigenvalue weighted by Crippen LogP contribution is -2.43. The molecule has 2 fully saturated rings. The number of carbonyl (C=O) groups is 2. The molecule has 6 nitrogen and oxygen atoms in total. The van der Waals surface area contributed by atoms with Gasteiger partial charge in [0.25, 0.3) is 0 Å². The third-order valence-electron chi connectivity index (χ3n) is 5.93. The Morgan fingerprint density at radius 2 is 1.71 bits per heavy atom. The van der Waals surface area contributed by atoms with Crippen molar-refractivity contribution in [1.82, 2.24) is 10.2 Å². The second kappa shape index (κ2) is 10.6. The SMILES string of the molecule is CCN(C(=O)C1CCC(C(=O)NCCN2CCOCC2)CC1)c1ccccc1. The van der Waals surface area contributed by atoms with E-state index in [1.54, 1.807) is 0 Å². The van der Waals surface area contributed by atoms with Gasteiger partial charge in [-0.25, -0.2) is 0 Å². The van der Waals surface area contributed by atoms with Crippen molar-refractivity contribution in [2.45, 2.75) is 32.6 Å². The van der Waals surface area contributed by atoms with E-state index in [4.69, 9.17) is 4.74 Å². The van der Waals surface area contributed by atoms with Crippen LogP contribution >= 0.6 is 0 Å². The van der Waals surface area contributed by atoms with Crippen LogP contribution in [0.4, 0.5) is 5.69 Å². The van der Waals surface area contributed by atoms with Gasteiger partial charge in [0.05, 0.1) is 13.2 Å². The molecular formula is C22H33N3O3. The van der Waals surface area contributed by atoms with E-state index in [9.17, 15) is 9.59 Å². The van der Waals surface area contributed by atoms with Gasteiger partial charge in [-0.2, -0.15) is 0 Å². The highest BCUT2D eigenvalue weighted by Crippen LogP contribution is 2.31. The molecule has 1 aromatic carbocycles. The van der Waals surface area contributed by atoms with E-state index < -0.39 is 0 Å². The number of carbonyl (C=O) groups excluding carboxylic acids is 2. The Kier molecular flexibility index (Phi) is 7.86. The van der Waals surface area contributed by atoms with E-state index in [0.29, 0.717) is 13.1 Å². The van der Waals surface area contributed by atoms with Crippen LogP contribution in [-0.2, 0) is 14.3 Å². The van der Waals surface area contributed by atoms with Crippen molar-refractivity contribution >= 4 is 17.5 Å². The average molecular weight is 388 g/mol. The van der Waals surface area contributed by atoms with Gasteiger partial charge in [-0.3, -0.25) is 14.5 Å². The summed E-state index contributed by atoms with van der Waals surface area (Å²) < 4.78 is 5.34. The van der Waals surface area contributed by atoms with E-state index in [1.807, 2.05) is 42.2 Å². The Balaban J connectivity index is 1.41. The van der Waals surface area contributed by atoms with Crippen LogP contribution < -0.4 is 10.2 Å². The van der Waals surface area contributed by atoms with Crippen LogP contribution in [0.25, 0.3) is 0 Å². The van der Waals surface area contributed by atoms with Crippen LogP contribution in [0.1, 0.15) is 32.6 Å². The third-order valence-corrected chi connectivity index (χ3v) is 5.93. The summed E-state index contributed by atoms with van der Waals surface area (Å²) in [6.45, 7) is 7.70. The highest BCUT2D eigenvalue weighted by Gasteiger charge is 2.32. The zero-order valence-corrected chi connectivity index (χ0v) is 16.9. The number of para-hydroxylation sites is 1. The molecule has 2 amide bonds. The number of anilines is 1. The molecule has 0 spiro atoms. The number of nitrogens with zero attached hydrogens (tertiary/aromatic N) is 2. The molecule has 6 heteroatoms. The molecule has 1 N–H and O–H groups in total. The predicted molar refractivity (Wildman–Crippen MR) is 110 cm³/mol. The van der Waals surface area contributed by atoms with Crippen LogP contribution in [0, 0.1) is 11.8 Å². The van der Waals surface area contributed by atoms with Gasteiger partial charge in [-0.05, 0) is 44.7 Å². The van der Waals surface area contributed by atoms with E-state index in [0.717, 1.165) is 64.2 Å². The number of rotatable bonds is 7. The van der Waals surface area contributed by atoms with Crippen molar-refractivity contribution in [2.24, 2.45) is 11.8 Å². The minimum atomic E-state index is 0.0255. The van der Waals surface area contributed by atoms with Gasteiger partial charge < -0.3 is 15.0 Å². The summed E-state index contributed by atoms with van der Waals surface area (Å²) in [7, 11) is 0. The maximum absolute atomic E-state index is 13.0. The van der Waals surface area contributed by atoms with Crippen LogP contribution in [0.15, 0.2) is 30.3 Å². The highest BCUT2D eigenvalue weighted by molar-refractivity contribution is 5.95. The van der Waals surface area contributed by atoms with Gasteiger partial charge in [-0.1, -0.05) is 18.2 Å². The quantitative estimate of drug-likeness (QED) is 0.780. The van der Waals surface area contributed by atoms with Gasteiger partial charge in [0.2, 0.25) is 11.8 Å². The van der Waals surface area contributed by atoms with Crippen LogP contribution in [-0.4, -0.2) is 62.7 Å². The summed E-state index contributed by atoms with van der Waals surface area (Å²) >= 11 is 0. The topological polar surface area (TPSA) is 61.9 Å². The minimum absolute atomic E-state index is 0.0255. The Morgan fingerprint density at radius 1 is 1.07 bits per heavy atom. The van der Waals surface area contributed by atoms with Gasteiger partial charge in [0.15, 0.2) is 0 Å². The van der Waals surface area contributed by atoms with Crippen molar-refractivity contribution < 1.29 is 14.3 Å². The first-order chi connectivity index (χ1) is 13.7. The lowest BCUT2D eigenvalue weighted by molar-refractivity contribution is -0.129. The maximum Gasteiger partial charge on any atom is 0.230 e. The van der Waals surface area contributed by atoms with Crippen molar-refractivity contribution in [1.29, 1.82) is 0 Å². The fourth-order valence-electron chi connectivity index (χ4n) is 4.20. The number of amides is 2. The van der Waals surface area contributed by atoms with Gasteiger partial charge in [0.1, 0.15) is 0 Å². The van der Waals surface area contributed by atoms with E-state index in [2.05, 4.69) is 10.2 Å². The third kappa shape index (κ3) is 5.55. The summed E-state index contributed by atoms with van der Waals surface area (Å²) in [5, 5.41) is 3.09. The second-order valence-corrected chi connectivity index (χ2v) is 7.71. The van der Waals surface area contributed by atoms with E-state index >= 15 is 0 Å². The van der Waals surface area contributed by atoms with E-state index in [1.165, 1.54) is 0 Å². The molecule has 0 atom stereocenters.